The Labute approximate surface area is 126 Å². The topological polar surface area (TPSA) is 49.4 Å². The highest BCUT2D eigenvalue weighted by Crippen LogP contribution is 2.31. The summed E-state index contributed by atoms with van der Waals surface area (Å²) in [5, 5.41) is 4.98. The Hall–Kier alpha value is -0.430. The maximum Gasteiger partial charge on any atom is 0.244 e. The van der Waals surface area contributed by atoms with Crippen LogP contribution in [0.25, 0.3) is 0 Å². The van der Waals surface area contributed by atoms with Crippen LogP contribution in [0, 0.1) is 12.8 Å². The van der Waals surface area contributed by atoms with E-state index in [2.05, 4.69) is 5.32 Å². The van der Waals surface area contributed by atoms with Crippen molar-refractivity contribution in [1.29, 1.82) is 0 Å². The second-order valence-corrected chi connectivity index (χ2v) is 8.58. The molecule has 20 heavy (non-hydrogen) atoms. The van der Waals surface area contributed by atoms with Crippen LogP contribution in [0.5, 0.6) is 0 Å². The fraction of sp³-hybridized carbons (Fsp3) is 0.714. The summed E-state index contributed by atoms with van der Waals surface area (Å²) in [5.74, 6) is 0.529. The van der Waals surface area contributed by atoms with E-state index in [0.717, 1.165) is 23.3 Å². The molecule has 0 aromatic carbocycles. The van der Waals surface area contributed by atoms with Gasteiger partial charge in [0.05, 0.1) is 0 Å². The van der Waals surface area contributed by atoms with Crippen LogP contribution in [0.1, 0.15) is 36.1 Å². The molecule has 1 aromatic heterocycles. The lowest BCUT2D eigenvalue weighted by atomic mass is 10.1. The Kier molecular flexibility index (Phi) is 5.23. The average molecular weight is 316 g/mol. The second kappa shape index (κ2) is 6.56. The molecule has 0 unspecified atom stereocenters. The van der Waals surface area contributed by atoms with Gasteiger partial charge in [0.2, 0.25) is 10.0 Å². The molecule has 0 bridgehead atoms. The third-order valence-corrected chi connectivity index (χ3v) is 7.27. The molecule has 1 aliphatic carbocycles. The van der Waals surface area contributed by atoms with Gasteiger partial charge in [-0.05, 0) is 43.7 Å². The lowest BCUT2D eigenvalue weighted by Gasteiger charge is -2.21. The lowest BCUT2D eigenvalue weighted by molar-refractivity contribution is 0.387. The van der Waals surface area contributed by atoms with E-state index >= 15 is 0 Å². The van der Waals surface area contributed by atoms with E-state index in [0.29, 0.717) is 23.9 Å². The first-order valence-corrected chi connectivity index (χ1v) is 9.46. The molecule has 1 heterocycles. The monoisotopic (exact) mass is 316 g/mol. The van der Waals surface area contributed by atoms with E-state index in [9.17, 15) is 8.42 Å². The van der Waals surface area contributed by atoms with E-state index in [4.69, 9.17) is 0 Å². The zero-order valence-corrected chi connectivity index (χ0v) is 14.1. The number of nitrogens with zero attached hydrogens (tertiary/aromatic N) is 1. The highest BCUT2D eigenvalue weighted by molar-refractivity contribution is 7.89. The van der Waals surface area contributed by atoms with Crippen LogP contribution in [0.4, 0.5) is 0 Å². The van der Waals surface area contributed by atoms with Crippen molar-refractivity contribution in [1.82, 2.24) is 9.62 Å². The zero-order valence-electron chi connectivity index (χ0n) is 12.5. The molecule has 0 amide bonds. The summed E-state index contributed by atoms with van der Waals surface area (Å²) in [6.45, 7) is 3.13. The van der Waals surface area contributed by atoms with Gasteiger partial charge < -0.3 is 5.32 Å². The molecule has 0 spiro atoms. The molecule has 0 aliphatic heterocycles. The molecule has 1 aromatic rings. The summed E-state index contributed by atoms with van der Waals surface area (Å²) in [4.78, 5) is 1.42. The number of hydrogen-bond acceptors (Lipinski definition) is 4. The third kappa shape index (κ3) is 3.24. The Morgan fingerprint density at radius 3 is 2.65 bits per heavy atom. The van der Waals surface area contributed by atoms with Crippen LogP contribution in [-0.4, -0.2) is 33.4 Å². The molecule has 0 saturated heterocycles. The molecule has 1 aliphatic rings. The van der Waals surface area contributed by atoms with Gasteiger partial charge in [-0.15, -0.1) is 11.3 Å². The number of rotatable bonds is 6. The van der Waals surface area contributed by atoms with Gasteiger partial charge >= 0.3 is 0 Å². The number of sulfonamides is 1. The molecule has 114 valence electrons. The van der Waals surface area contributed by atoms with Gasteiger partial charge in [-0.1, -0.05) is 12.8 Å². The van der Waals surface area contributed by atoms with Crippen LogP contribution in [0.3, 0.4) is 0 Å². The zero-order chi connectivity index (χ0) is 14.8. The van der Waals surface area contributed by atoms with Crippen molar-refractivity contribution in [3.8, 4) is 0 Å². The maximum absolute atomic E-state index is 12.8. The minimum absolute atomic E-state index is 0.511. The predicted molar refractivity (Wildman–Crippen MR) is 83.6 cm³/mol. The third-order valence-electron chi connectivity index (χ3n) is 3.99. The maximum atomic E-state index is 12.8. The molecule has 1 saturated carbocycles. The largest absolute Gasteiger partial charge is 0.315 e. The molecule has 0 atom stereocenters. The quantitative estimate of drug-likeness (QED) is 0.877. The highest BCUT2D eigenvalue weighted by atomic mass is 32.2. The fourth-order valence-electron chi connectivity index (χ4n) is 2.93. The number of aryl methyl sites for hydroxylation is 1. The summed E-state index contributed by atoms with van der Waals surface area (Å²) in [6, 6.07) is 0. The molecule has 0 radical (unpaired) electrons. The van der Waals surface area contributed by atoms with Gasteiger partial charge in [-0.25, -0.2) is 12.7 Å². The molecule has 4 nitrogen and oxygen atoms in total. The predicted octanol–water partition coefficient (Wildman–Crippen LogP) is 2.59. The average Bonchev–Trinajstić information content (AvgIpc) is 3.00. The van der Waals surface area contributed by atoms with Crippen molar-refractivity contribution in [2.75, 3.05) is 20.6 Å². The van der Waals surface area contributed by atoms with Crippen LogP contribution < -0.4 is 5.32 Å². The van der Waals surface area contributed by atoms with Crippen LogP contribution >= 0.6 is 11.3 Å². The van der Waals surface area contributed by atoms with E-state index in [1.165, 1.54) is 24.2 Å². The fourth-order valence-corrected chi connectivity index (χ4v) is 5.94. The van der Waals surface area contributed by atoms with Crippen molar-refractivity contribution in [3.05, 3.63) is 15.8 Å². The molecule has 2 rings (SSSR count). The summed E-state index contributed by atoms with van der Waals surface area (Å²) >= 11 is 1.52. The highest BCUT2D eigenvalue weighted by Gasteiger charge is 2.29. The van der Waals surface area contributed by atoms with Crippen molar-refractivity contribution in [3.63, 3.8) is 0 Å². The summed E-state index contributed by atoms with van der Waals surface area (Å²) in [7, 11) is 0.194. The first-order chi connectivity index (χ1) is 9.46. The second-order valence-electron chi connectivity index (χ2n) is 5.64. The number of thiophene rings is 1. The first kappa shape index (κ1) is 15.9. The van der Waals surface area contributed by atoms with Crippen molar-refractivity contribution >= 4 is 21.4 Å². The van der Waals surface area contributed by atoms with Gasteiger partial charge in [0, 0.05) is 25.0 Å². The lowest BCUT2D eigenvalue weighted by Crippen LogP contribution is -2.32. The van der Waals surface area contributed by atoms with Crippen LogP contribution in [0.2, 0.25) is 0 Å². The van der Waals surface area contributed by atoms with E-state index < -0.39 is 10.0 Å². The molecule has 1 N–H and O–H groups in total. The van der Waals surface area contributed by atoms with Gasteiger partial charge in [-0.3, -0.25) is 0 Å². The minimum atomic E-state index is -3.36. The van der Waals surface area contributed by atoms with Gasteiger partial charge in [0.1, 0.15) is 4.90 Å². The van der Waals surface area contributed by atoms with Gasteiger partial charge in [-0.2, -0.15) is 0 Å². The van der Waals surface area contributed by atoms with Gasteiger partial charge in [0.25, 0.3) is 0 Å². The normalized spacial score (nSPS) is 17.2. The summed E-state index contributed by atoms with van der Waals surface area (Å²) in [6.07, 6.45) is 4.79. The number of hydrogen-bond donors (Lipinski definition) is 1. The number of nitrogens with one attached hydrogen (secondary N) is 1. The molecular formula is C14H24N2O2S2. The standard InChI is InChI=1S/C14H24N2O2S2/c1-11-10-19-13(8-15-2)14(11)20(17,18)16(3)9-12-6-4-5-7-12/h10,12,15H,4-9H2,1-3H3. The van der Waals surface area contributed by atoms with E-state index in [1.807, 2.05) is 19.4 Å². The van der Waals surface area contributed by atoms with Crippen molar-refractivity contribution in [2.24, 2.45) is 5.92 Å². The van der Waals surface area contributed by atoms with Crippen LogP contribution in [0.15, 0.2) is 10.3 Å². The van der Waals surface area contributed by atoms with Crippen LogP contribution in [-0.2, 0) is 16.6 Å². The molecule has 1 fully saturated rings. The first-order valence-electron chi connectivity index (χ1n) is 7.14. The Balaban J connectivity index is 2.22. The van der Waals surface area contributed by atoms with E-state index in [-0.39, 0.29) is 0 Å². The smallest absolute Gasteiger partial charge is 0.244 e. The van der Waals surface area contributed by atoms with Crippen molar-refractivity contribution in [2.45, 2.75) is 44.0 Å². The minimum Gasteiger partial charge on any atom is -0.315 e. The van der Waals surface area contributed by atoms with Gasteiger partial charge in [0.15, 0.2) is 0 Å². The Morgan fingerprint density at radius 1 is 1.40 bits per heavy atom. The molecular weight excluding hydrogens is 292 g/mol. The summed E-state index contributed by atoms with van der Waals surface area (Å²) in [5.41, 5.74) is 0.860. The summed E-state index contributed by atoms with van der Waals surface area (Å²) < 4.78 is 27.2. The van der Waals surface area contributed by atoms with E-state index in [1.54, 1.807) is 11.4 Å². The Bertz CT molecular complexity index is 546. The molecule has 6 heteroatoms. The SMILES string of the molecule is CNCc1scc(C)c1S(=O)(=O)N(C)CC1CCCC1. The van der Waals surface area contributed by atoms with Crippen molar-refractivity contribution < 1.29 is 8.42 Å². The Morgan fingerprint density at radius 2 is 2.05 bits per heavy atom.